The zero-order valence-corrected chi connectivity index (χ0v) is 10.2. The van der Waals surface area contributed by atoms with E-state index in [1.54, 1.807) is 7.11 Å². The summed E-state index contributed by atoms with van der Waals surface area (Å²) in [7, 11) is 1.64. The highest BCUT2D eigenvalue weighted by molar-refractivity contribution is 5.54. The maximum Gasteiger partial charge on any atom is 0.257 e. The second-order valence-corrected chi connectivity index (χ2v) is 4.34. The highest BCUT2D eigenvalue weighted by atomic mass is 16.5. The maximum absolute atomic E-state index is 5.29. The van der Waals surface area contributed by atoms with E-state index in [-0.39, 0.29) is 6.04 Å². The molecule has 5 heteroatoms. The van der Waals surface area contributed by atoms with E-state index >= 15 is 0 Å². The molecular formula is C13H15N3O2. The lowest BCUT2D eigenvalue weighted by Gasteiger charge is -2.01. The predicted octanol–water partition coefficient (Wildman–Crippen LogP) is 2.17. The molecule has 5 nitrogen and oxygen atoms in total. The smallest absolute Gasteiger partial charge is 0.257 e. The van der Waals surface area contributed by atoms with Gasteiger partial charge in [0.15, 0.2) is 5.82 Å². The number of hydrogen-bond donors (Lipinski definition) is 1. The SMILES string of the molecule is COc1ccc(-c2nc(C3CCCN3)no2)cc1. The Hall–Kier alpha value is -1.88. The van der Waals surface area contributed by atoms with Crippen LogP contribution in [0.5, 0.6) is 5.75 Å². The number of hydrogen-bond acceptors (Lipinski definition) is 5. The second kappa shape index (κ2) is 4.78. The minimum Gasteiger partial charge on any atom is -0.497 e. The Bertz CT molecular complexity index is 515. The summed E-state index contributed by atoms with van der Waals surface area (Å²) in [5.41, 5.74) is 0.910. The van der Waals surface area contributed by atoms with Crippen LogP contribution in [0.15, 0.2) is 28.8 Å². The third kappa shape index (κ3) is 2.09. The molecule has 1 unspecified atom stereocenters. The zero-order chi connectivity index (χ0) is 12.4. The van der Waals surface area contributed by atoms with E-state index in [4.69, 9.17) is 9.26 Å². The number of benzene rings is 1. The van der Waals surface area contributed by atoms with Gasteiger partial charge in [-0.2, -0.15) is 4.98 Å². The fourth-order valence-electron chi connectivity index (χ4n) is 2.13. The molecule has 3 rings (SSSR count). The van der Waals surface area contributed by atoms with Gasteiger partial charge in [-0.05, 0) is 43.7 Å². The Balaban J connectivity index is 1.82. The van der Waals surface area contributed by atoms with Crippen LogP contribution in [0, 0.1) is 0 Å². The maximum atomic E-state index is 5.29. The van der Waals surface area contributed by atoms with Crippen LogP contribution in [0.4, 0.5) is 0 Å². The first-order chi connectivity index (χ1) is 8.86. The molecule has 1 aromatic carbocycles. The molecule has 94 valence electrons. The van der Waals surface area contributed by atoms with Gasteiger partial charge < -0.3 is 14.6 Å². The van der Waals surface area contributed by atoms with Gasteiger partial charge in [0.25, 0.3) is 5.89 Å². The first-order valence-electron chi connectivity index (χ1n) is 6.08. The summed E-state index contributed by atoms with van der Waals surface area (Å²) in [6.07, 6.45) is 2.23. The number of nitrogens with one attached hydrogen (secondary N) is 1. The lowest BCUT2D eigenvalue weighted by molar-refractivity contribution is 0.410. The van der Waals surface area contributed by atoms with Crippen LogP contribution in [0.1, 0.15) is 24.7 Å². The van der Waals surface area contributed by atoms with Crippen LogP contribution in [-0.2, 0) is 0 Å². The van der Waals surface area contributed by atoms with Crippen molar-refractivity contribution in [2.24, 2.45) is 0 Å². The Morgan fingerprint density at radius 3 is 2.83 bits per heavy atom. The topological polar surface area (TPSA) is 60.2 Å². The van der Waals surface area contributed by atoms with Crippen molar-refractivity contribution in [1.82, 2.24) is 15.5 Å². The van der Waals surface area contributed by atoms with E-state index in [1.165, 1.54) is 0 Å². The van der Waals surface area contributed by atoms with Crippen molar-refractivity contribution >= 4 is 0 Å². The first kappa shape index (κ1) is 11.2. The molecule has 1 fully saturated rings. The average molecular weight is 245 g/mol. The molecule has 0 saturated carbocycles. The third-order valence-electron chi connectivity index (χ3n) is 3.15. The van der Waals surface area contributed by atoms with E-state index < -0.39 is 0 Å². The molecule has 0 bridgehead atoms. The monoisotopic (exact) mass is 245 g/mol. The van der Waals surface area contributed by atoms with Gasteiger partial charge in [-0.15, -0.1) is 0 Å². The standard InChI is InChI=1S/C13H15N3O2/c1-17-10-6-4-9(5-7-10)13-15-12(16-18-13)11-3-2-8-14-11/h4-7,11,14H,2-3,8H2,1H3. The van der Waals surface area contributed by atoms with Crippen LogP contribution in [0.3, 0.4) is 0 Å². The highest BCUT2D eigenvalue weighted by Crippen LogP contribution is 2.25. The van der Waals surface area contributed by atoms with Crippen molar-refractivity contribution in [2.75, 3.05) is 13.7 Å². The summed E-state index contributed by atoms with van der Waals surface area (Å²) in [5.74, 6) is 2.12. The van der Waals surface area contributed by atoms with Crippen molar-refractivity contribution < 1.29 is 9.26 Å². The van der Waals surface area contributed by atoms with Crippen LogP contribution in [0.25, 0.3) is 11.5 Å². The zero-order valence-electron chi connectivity index (χ0n) is 10.2. The van der Waals surface area contributed by atoms with Gasteiger partial charge in [0.2, 0.25) is 0 Å². The van der Waals surface area contributed by atoms with Crippen molar-refractivity contribution in [3.63, 3.8) is 0 Å². The quantitative estimate of drug-likeness (QED) is 0.898. The minimum atomic E-state index is 0.237. The van der Waals surface area contributed by atoms with Gasteiger partial charge in [-0.3, -0.25) is 0 Å². The van der Waals surface area contributed by atoms with Gasteiger partial charge in [0.05, 0.1) is 13.2 Å². The molecule has 0 radical (unpaired) electrons. The number of methoxy groups -OCH3 is 1. The Labute approximate surface area is 105 Å². The fraction of sp³-hybridized carbons (Fsp3) is 0.385. The summed E-state index contributed by atoms with van der Waals surface area (Å²) in [6.45, 7) is 1.02. The van der Waals surface area contributed by atoms with E-state index in [0.717, 1.165) is 36.5 Å². The summed E-state index contributed by atoms with van der Waals surface area (Å²) < 4.78 is 10.4. The molecule has 18 heavy (non-hydrogen) atoms. The van der Waals surface area contributed by atoms with Crippen LogP contribution in [-0.4, -0.2) is 23.8 Å². The molecule has 1 atom stereocenters. The molecule has 0 amide bonds. The summed E-state index contributed by atoms with van der Waals surface area (Å²) in [4.78, 5) is 4.44. The molecule has 1 aromatic heterocycles. The van der Waals surface area contributed by atoms with Crippen LogP contribution < -0.4 is 10.1 Å². The normalized spacial score (nSPS) is 19.1. The first-order valence-corrected chi connectivity index (χ1v) is 6.08. The van der Waals surface area contributed by atoms with Crippen molar-refractivity contribution in [3.05, 3.63) is 30.1 Å². The van der Waals surface area contributed by atoms with Gasteiger partial charge >= 0.3 is 0 Å². The van der Waals surface area contributed by atoms with Gasteiger partial charge in [-0.1, -0.05) is 5.16 Å². The molecule has 0 spiro atoms. The van der Waals surface area contributed by atoms with E-state index in [1.807, 2.05) is 24.3 Å². The molecule has 2 aromatic rings. The van der Waals surface area contributed by atoms with Crippen LogP contribution >= 0.6 is 0 Å². The minimum absolute atomic E-state index is 0.237. The highest BCUT2D eigenvalue weighted by Gasteiger charge is 2.21. The molecule has 1 saturated heterocycles. The van der Waals surface area contributed by atoms with Crippen molar-refractivity contribution in [2.45, 2.75) is 18.9 Å². The number of ether oxygens (including phenoxy) is 1. The summed E-state index contributed by atoms with van der Waals surface area (Å²) >= 11 is 0. The van der Waals surface area contributed by atoms with Gasteiger partial charge in [-0.25, -0.2) is 0 Å². The molecule has 0 aliphatic carbocycles. The van der Waals surface area contributed by atoms with Crippen LogP contribution in [0.2, 0.25) is 0 Å². The Morgan fingerprint density at radius 2 is 2.17 bits per heavy atom. The number of nitrogens with zero attached hydrogens (tertiary/aromatic N) is 2. The number of aromatic nitrogens is 2. The predicted molar refractivity (Wildman–Crippen MR) is 66.3 cm³/mol. The fourth-order valence-corrected chi connectivity index (χ4v) is 2.13. The second-order valence-electron chi connectivity index (χ2n) is 4.34. The van der Waals surface area contributed by atoms with Crippen molar-refractivity contribution in [1.29, 1.82) is 0 Å². The third-order valence-corrected chi connectivity index (χ3v) is 3.15. The van der Waals surface area contributed by atoms with E-state index in [9.17, 15) is 0 Å². The Kier molecular flexibility index (Phi) is 2.98. The van der Waals surface area contributed by atoms with Crippen molar-refractivity contribution in [3.8, 4) is 17.2 Å². The molecule has 1 N–H and O–H groups in total. The van der Waals surface area contributed by atoms with Gasteiger partial charge in [0.1, 0.15) is 5.75 Å². The van der Waals surface area contributed by atoms with E-state index in [2.05, 4.69) is 15.5 Å². The average Bonchev–Trinajstić information content (AvgIpc) is 3.09. The molecule has 1 aliphatic rings. The summed E-state index contributed by atoms with van der Waals surface area (Å²) in [6, 6.07) is 7.83. The lowest BCUT2D eigenvalue weighted by atomic mass is 10.2. The van der Waals surface area contributed by atoms with E-state index in [0.29, 0.717) is 5.89 Å². The largest absolute Gasteiger partial charge is 0.497 e. The Morgan fingerprint density at radius 1 is 1.33 bits per heavy atom. The number of rotatable bonds is 3. The lowest BCUT2D eigenvalue weighted by Crippen LogP contribution is -2.14. The molecule has 2 heterocycles. The molecule has 1 aliphatic heterocycles. The summed E-state index contributed by atoms with van der Waals surface area (Å²) in [5, 5.41) is 7.39. The van der Waals surface area contributed by atoms with Gasteiger partial charge in [0, 0.05) is 5.56 Å². The molecular weight excluding hydrogens is 230 g/mol.